The normalized spacial score (nSPS) is 15.6. The summed E-state index contributed by atoms with van der Waals surface area (Å²) in [7, 11) is 0. The highest BCUT2D eigenvalue weighted by atomic mass is 16.3. The Hall–Kier alpha value is -1.23. The van der Waals surface area contributed by atoms with E-state index in [1.807, 2.05) is 13.8 Å². The van der Waals surface area contributed by atoms with E-state index in [1.165, 1.54) is 6.20 Å². The maximum atomic E-state index is 9.56. The Morgan fingerprint density at radius 3 is 2.62 bits per heavy atom. The van der Waals surface area contributed by atoms with Crippen LogP contribution in [0.1, 0.15) is 26.3 Å². The number of aliphatic hydroxyl groups is 1. The second-order valence-electron chi connectivity index (χ2n) is 3.15. The number of aliphatic hydroxyl groups excluding tert-OH is 1. The van der Waals surface area contributed by atoms with Crippen LogP contribution in [0.3, 0.4) is 0 Å². The Kier molecular flexibility index (Phi) is 2.77. The molecule has 1 heterocycles. The maximum absolute atomic E-state index is 9.56. The van der Waals surface area contributed by atoms with E-state index < -0.39 is 6.10 Å². The van der Waals surface area contributed by atoms with Crippen molar-refractivity contribution in [3.63, 3.8) is 0 Å². The monoisotopic (exact) mass is 184 g/mol. The van der Waals surface area contributed by atoms with Crippen LogP contribution >= 0.6 is 0 Å². The third-order valence-electron chi connectivity index (χ3n) is 2.22. The van der Waals surface area contributed by atoms with Gasteiger partial charge in [-0.3, -0.25) is 0 Å². The van der Waals surface area contributed by atoms with Crippen molar-refractivity contribution in [2.24, 2.45) is 0 Å². The molecule has 0 bridgehead atoms. The lowest BCUT2D eigenvalue weighted by Gasteiger charge is -2.18. The molecule has 0 spiro atoms. The molecule has 0 saturated heterocycles. The molecular formula is C8H16N4O. The average molecular weight is 184 g/mol. The Morgan fingerprint density at radius 2 is 2.23 bits per heavy atom. The summed E-state index contributed by atoms with van der Waals surface area (Å²) in [6.45, 7) is 3.77. The van der Waals surface area contributed by atoms with Gasteiger partial charge in [0.25, 0.3) is 0 Å². The second-order valence-corrected chi connectivity index (χ2v) is 3.15. The number of nitrogens with two attached hydrogens (primary N) is 2. The molecule has 0 aliphatic rings. The fourth-order valence-corrected chi connectivity index (χ4v) is 1.21. The molecule has 0 aliphatic heterocycles. The molecule has 5 heteroatoms. The van der Waals surface area contributed by atoms with Gasteiger partial charge in [-0.2, -0.15) is 5.10 Å². The summed E-state index contributed by atoms with van der Waals surface area (Å²) in [6.07, 6.45) is 1.72. The lowest BCUT2D eigenvalue weighted by molar-refractivity contribution is 0.112. The van der Waals surface area contributed by atoms with Gasteiger partial charge >= 0.3 is 0 Å². The minimum Gasteiger partial charge on any atom is -0.394 e. The molecule has 74 valence electrons. The number of rotatable bonds is 3. The summed E-state index contributed by atoms with van der Waals surface area (Å²) in [4.78, 5) is 0. The second kappa shape index (κ2) is 3.66. The molecular weight excluding hydrogens is 168 g/mol. The first-order valence-electron chi connectivity index (χ1n) is 4.34. The number of aromatic nitrogens is 2. The van der Waals surface area contributed by atoms with Gasteiger partial charge in [0.1, 0.15) is 5.82 Å². The van der Waals surface area contributed by atoms with Crippen molar-refractivity contribution in [2.45, 2.75) is 32.4 Å². The molecule has 2 unspecified atom stereocenters. The summed E-state index contributed by atoms with van der Waals surface area (Å²) >= 11 is 0. The molecule has 13 heavy (non-hydrogen) atoms. The predicted octanol–water partition coefficient (Wildman–Crippen LogP) is 0.379. The van der Waals surface area contributed by atoms with E-state index in [9.17, 15) is 5.11 Å². The van der Waals surface area contributed by atoms with Crippen molar-refractivity contribution in [3.05, 3.63) is 6.20 Å². The van der Waals surface area contributed by atoms with E-state index in [0.29, 0.717) is 17.9 Å². The Bertz CT molecular complexity index is 284. The van der Waals surface area contributed by atoms with Crippen molar-refractivity contribution in [1.82, 2.24) is 9.78 Å². The largest absolute Gasteiger partial charge is 0.394 e. The fourth-order valence-electron chi connectivity index (χ4n) is 1.21. The molecule has 5 nitrogen and oxygen atoms in total. The van der Waals surface area contributed by atoms with Crippen molar-refractivity contribution >= 4 is 11.5 Å². The molecule has 0 aliphatic carbocycles. The number of hydrogen-bond acceptors (Lipinski definition) is 4. The summed E-state index contributed by atoms with van der Waals surface area (Å²) in [5.41, 5.74) is 11.6. The topological polar surface area (TPSA) is 90.1 Å². The van der Waals surface area contributed by atoms with Gasteiger partial charge in [-0.25, -0.2) is 4.68 Å². The molecule has 2 atom stereocenters. The summed E-state index contributed by atoms with van der Waals surface area (Å²) < 4.78 is 1.55. The zero-order valence-corrected chi connectivity index (χ0v) is 7.94. The third-order valence-corrected chi connectivity index (χ3v) is 2.22. The first-order valence-corrected chi connectivity index (χ1v) is 4.34. The van der Waals surface area contributed by atoms with E-state index in [0.717, 1.165) is 0 Å². The molecule has 1 aromatic rings. The zero-order valence-electron chi connectivity index (χ0n) is 7.94. The van der Waals surface area contributed by atoms with Gasteiger partial charge in [-0.05, 0) is 13.3 Å². The van der Waals surface area contributed by atoms with E-state index >= 15 is 0 Å². The van der Waals surface area contributed by atoms with Gasteiger partial charge < -0.3 is 16.6 Å². The van der Waals surface area contributed by atoms with Crippen molar-refractivity contribution < 1.29 is 5.11 Å². The average Bonchev–Trinajstić information content (AvgIpc) is 2.45. The molecule has 1 aromatic heterocycles. The van der Waals surface area contributed by atoms with Gasteiger partial charge in [0, 0.05) is 0 Å². The first kappa shape index (κ1) is 9.85. The molecule has 1 rings (SSSR count). The fraction of sp³-hybridized carbons (Fsp3) is 0.625. The lowest BCUT2D eigenvalue weighted by Crippen LogP contribution is -2.23. The van der Waals surface area contributed by atoms with Gasteiger partial charge in [0.15, 0.2) is 0 Å². The Balaban J connectivity index is 2.88. The SMILES string of the molecule is CCC(O)C(C)n1ncc(N)c1N. The van der Waals surface area contributed by atoms with Crippen LogP contribution in [-0.2, 0) is 0 Å². The maximum Gasteiger partial charge on any atom is 0.145 e. The van der Waals surface area contributed by atoms with Crippen LogP contribution in [0.4, 0.5) is 11.5 Å². The van der Waals surface area contributed by atoms with Crippen molar-refractivity contribution in [1.29, 1.82) is 0 Å². The van der Waals surface area contributed by atoms with Crippen LogP contribution in [0.5, 0.6) is 0 Å². The van der Waals surface area contributed by atoms with E-state index in [-0.39, 0.29) is 6.04 Å². The highest BCUT2D eigenvalue weighted by Gasteiger charge is 2.17. The van der Waals surface area contributed by atoms with E-state index in [1.54, 1.807) is 4.68 Å². The van der Waals surface area contributed by atoms with E-state index in [2.05, 4.69) is 5.10 Å². The smallest absolute Gasteiger partial charge is 0.145 e. The number of anilines is 2. The number of nitrogens with zero attached hydrogens (tertiary/aromatic N) is 2. The van der Waals surface area contributed by atoms with Crippen LogP contribution in [0.25, 0.3) is 0 Å². The van der Waals surface area contributed by atoms with Gasteiger partial charge in [-0.15, -0.1) is 0 Å². The Labute approximate surface area is 77.3 Å². The van der Waals surface area contributed by atoms with E-state index in [4.69, 9.17) is 11.5 Å². The minimum absolute atomic E-state index is 0.137. The van der Waals surface area contributed by atoms with Crippen molar-refractivity contribution in [3.8, 4) is 0 Å². The lowest BCUT2D eigenvalue weighted by atomic mass is 10.1. The summed E-state index contributed by atoms with van der Waals surface area (Å²) in [5, 5.41) is 13.5. The highest BCUT2D eigenvalue weighted by Crippen LogP contribution is 2.21. The van der Waals surface area contributed by atoms with Gasteiger partial charge in [-0.1, -0.05) is 6.92 Å². The predicted molar refractivity (Wildman–Crippen MR) is 52.1 cm³/mol. The molecule has 0 saturated carbocycles. The van der Waals surface area contributed by atoms with Crippen LogP contribution in [-0.4, -0.2) is 21.0 Å². The van der Waals surface area contributed by atoms with Gasteiger partial charge in [0.05, 0.1) is 24.0 Å². The Morgan fingerprint density at radius 1 is 1.62 bits per heavy atom. The molecule has 5 N–H and O–H groups in total. The molecule has 0 amide bonds. The van der Waals surface area contributed by atoms with Crippen LogP contribution in [0.2, 0.25) is 0 Å². The highest BCUT2D eigenvalue weighted by molar-refractivity contribution is 5.57. The van der Waals surface area contributed by atoms with Crippen molar-refractivity contribution in [2.75, 3.05) is 11.5 Å². The van der Waals surface area contributed by atoms with Crippen LogP contribution in [0.15, 0.2) is 6.20 Å². The van der Waals surface area contributed by atoms with Crippen LogP contribution in [0, 0.1) is 0 Å². The minimum atomic E-state index is -0.443. The number of nitrogen functional groups attached to an aromatic ring is 2. The molecule has 0 radical (unpaired) electrons. The van der Waals surface area contributed by atoms with Gasteiger partial charge in [0.2, 0.25) is 0 Å². The number of hydrogen-bond donors (Lipinski definition) is 3. The molecule has 0 aromatic carbocycles. The quantitative estimate of drug-likeness (QED) is 0.633. The third kappa shape index (κ3) is 1.75. The molecule has 0 fully saturated rings. The summed E-state index contributed by atoms with van der Waals surface area (Å²) in [5.74, 6) is 0.417. The zero-order chi connectivity index (χ0) is 10.0. The standard InChI is InChI=1S/C8H16N4O/c1-3-7(13)5(2)12-8(10)6(9)4-11-12/h4-5,7,13H,3,9-10H2,1-2H3. The first-order chi connectivity index (χ1) is 6.07. The van der Waals surface area contributed by atoms with Crippen LogP contribution < -0.4 is 11.5 Å². The summed E-state index contributed by atoms with van der Waals surface area (Å²) in [6, 6.07) is -0.137.